The Morgan fingerprint density at radius 1 is 0.548 bits per heavy atom. The van der Waals surface area contributed by atoms with E-state index in [1.807, 2.05) is 121 Å². The Kier molecular flexibility index (Phi) is 10.9. The van der Waals surface area contributed by atoms with Crippen LogP contribution < -0.4 is 0 Å². The van der Waals surface area contributed by atoms with Crippen LogP contribution in [0.4, 0.5) is 0 Å². The molecule has 1 saturated heterocycles. The largest absolute Gasteiger partial charge is 0.391 e. The first-order valence-corrected chi connectivity index (χ1v) is 14.2. The van der Waals surface area contributed by atoms with Crippen LogP contribution in [-0.2, 0) is 50.1 Å². The summed E-state index contributed by atoms with van der Waals surface area (Å²) in [7, 11) is 0. The first-order chi connectivity index (χ1) is 20.6. The van der Waals surface area contributed by atoms with Crippen molar-refractivity contribution >= 4 is 0 Å². The molecule has 7 nitrogen and oxygen atoms in total. The van der Waals surface area contributed by atoms with E-state index >= 15 is 0 Å². The Morgan fingerprint density at radius 3 is 1.40 bits per heavy atom. The Balaban J connectivity index is 1.42. The Labute approximate surface area is 247 Å². The van der Waals surface area contributed by atoms with E-state index in [4.69, 9.17) is 23.7 Å². The van der Waals surface area contributed by atoms with Gasteiger partial charge in [0, 0.05) is 0 Å². The van der Waals surface area contributed by atoms with Crippen LogP contribution in [0, 0.1) is 0 Å². The molecule has 0 amide bonds. The van der Waals surface area contributed by atoms with E-state index in [0.717, 1.165) is 22.3 Å². The van der Waals surface area contributed by atoms with Crippen LogP contribution in [0.2, 0.25) is 0 Å². The van der Waals surface area contributed by atoms with Gasteiger partial charge in [0.2, 0.25) is 5.79 Å². The number of ether oxygens (including phenoxy) is 5. The maximum atomic E-state index is 11.7. The fourth-order valence-electron chi connectivity index (χ4n) is 5.06. The molecule has 1 fully saturated rings. The summed E-state index contributed by atoms with van der Waals surface area (Å²) in [5.74, 6) is -2.05. The zero-order valence-corrected chi connectivity index (χ0v) is 23.5. The smallest absolute Gasteiger partial charge is 0.219 e. The Morgan fingerprint density at radius 2 is 0.952 bits per heavy atom. The van der Waals surface area contributed by atoms with E-state index in [1.54, 1.807) is 0 Å². The third-order valence-electron chi connectivity index (χ3n) is 7.25. The van der Waals surface area contributed by atoms with Crippen molar-refractivity contribution in [3.63, 3.8) is 0 Å². The quantitative estimate of drug-likeness (QED) is 0.220. The zero-order valence-electron chi connectivity index (χ0n) is 23.5. The third-order valence-corrected chi connectivity index (χ3v) is 7.25. The molecule has 0 unspecified atom stereocenters. The number of aliphatic hydroxyl groups excluding tert-OH is 1. The monoisotopic (exact) mass is 570 g/mol. The first kappa shape index (κ1) is 30.1. The molecule has 0 bridgehead atoms. The molecule has 0 radical (unpaired) electrons. The molecule has 0 aliphatic carbocycles. The zero-order chi connectivity index (χ0) is 29.0. The maximum absolute atomic E-state index is 11.7. The molecule has 42 heavy (non-hydrogen) atoms. The van der Waals surface area contributed by atoms with Gasteiger partial charge >= 0.3 is 0 Å². The summed E-state index contributed by atoms with van der Waals surface area (Å²) in [5.41, 5.74) is 3.85. The predicted octanol–water partition coefficient (Wildman–Crippen LogP) is 5.04. The van der Waals surface area contributed by atoms with Gasteiger partial charge in [0.15, 0.2) is 0 Å². The minimum atomic E-state index is -2.05. The summed E-state index contributed by atoms with van der Waals surface area (Å²) in [6.07, 6.45) is -3.30. The lowest BCUT2D eigenvalue weighted by atomic mass is 9.91. The summed E-state index contributed by atoms with van der Waals surface area (Å²) in [6, 6.07) is 39.1. The van der Waals surface area contributed by atoms with Crippen molar-refractivity contribution in [2.24, 2.45) is 0 Å². The number of hydrogen-bond donors (Lipinski definition) is 2. The summed E-state index contributed by atoms with van der Waals surface area (Å²) in [5, 5.41) is 22.1. The van der Waals surface area contributed by atoms with Crippen molar-refractivity contribution in [2.45, 2.75) is 56.6 Å². The normalized spacial score (nSPS) is 24.0. The first-order valence-electron chi connectivity index (χ1n) is 14.2. The highest BCUT2D eigenvalue weighted by Gasteiger charge is 2.56. The van der Waals surface area contributed by atoms with Gasteiger partial charge in [-0.2, -0.15) is 0 Å². The fraction of sp³-hybridized carbons (Fsp3) is 0.314. The topological polar surface area (TPSA) is 86.6 Å². The minimum absolute atomic E-state index is 0.104. The SMILES string of the molecule is OC[C@@]1(O)O[C@H](COCc2ccccc2)[C@H](OCc2ccccc2)[C@H](OCc2ccccc2)[C@H]1OCc1ccccc1. The Bertz CT molecular complexity index is 1310. The number of rotatable bonds is 14. The average Bonchev–Trinajstić information content (AvgIpc) is 3.05. The van der Waals surface area contributed by atoms with E-state index < -0.39 is 36.8 Å². The fourth-order valence-corrected chi connectivity index (χ4v) is 5.06. The molecular formula is C35H38O7. The molecule has 2 N–H and O–H groups in total. The molecule has 5 atom stereocenters. The highest BCUT2D eigenvalue weighted by atomic mass is 16.7. The van der Waals surface area contributed by atoms with E-state index in [0.29, 0.717) is 6.61 Å². The van der Waals surface area contributed by atoms with Crippen molar-refractivity contribution in [3.8, 4) is 0 Å². The second-order valence-electron chi connectivity index (χ2n) is 10.4. The van der Waals surface area contributed by atoms with E-state index in [-0.39, 0.29) is 26.4 Å². The number of benzene rings is 4. The molecule has 4 aromatic carbocycles. The van der Waals surface area contributed by atoms with Gasteiger partial charge in [-0.05, 0) is 22.3 Å². The lowest BCUT2D eigenvalue weighted by Gasteiger charge is -2.49. The van der Waals surface area contributed by atoms with Gasteiger partial charge in [-0.15, -0.1) is 0 Å². The second kappa shape index (κ2) is 15.2. The highest BCUT2D eigenvalue weighted by Crippen LogP contribution is 2.35. The molecule has 220 valence electrons. The summed E-state index contributed by atoms with van der Waals surface area (Å²) < 4.78 is 31.6. The molecule has 1 aliphatic rings. The molecule has 4 aromatic rings. The van der Waals surface area contributed by atoms with E-state index in [9.17, 15) is 10.2 Å². The van der Waals surface area contributed by atoms with Crippen LogP contribution in [0.3, 0.4) is 0 Å². The summed E-state index contributed by atoms with van der Waals surface area (Å²) in [6.45, 7) is 0.487. The molecular weight excluding hydrogens is 532 g/mol. The van der Waals surface area contributed by atoms with Crippen LogP contribution in [0.1, 0.15) is 22.3 Å². The molecule has 0 spiro atoms. The molecule has 1 aliphatic heterocycles. The highest BCUT2D eigenvalue weighted by molar-refractivity contribution is 5.16. The van der Waals surface area contributed by atoms with E-state index in [1.165, 1.54) is 0 Å². The summed E-state index contributed by atoms with van der Waals surface area (Å²) >= 11 is 0. The van der Waals surface area contributed by atoms with Crippen molar-refractivity contribution in [1.29, 1.82) is 0 Å². The van der Waals surface area contributed by atoms with Gasteiger partial charge in [-0.3, -0.25) is 0 Å². The average molecular weight is 571 g/mol. The van der Waals surface area contributed by atoms with Crippen LogP contribution in [0.5, 0.6) is 0 Å². The van der Waals surface area contributed by atoms with Gasteiger partial charge in [0.25, 0.3) is 0 Å². The van der Waals surface area contributed by atoms with Crippen molar-refractivity contribution in [2.75, 3.05) is 13.2 Å². The van der Waals surface area contributed by atoms with Crippen molar-refractivity contribution in [3.05, 3.63) is 144 Å². The standard InChI is InChI=1S/C35H38O7/c36-26-35(37)34(41-24-30-19-11-4-12-20-30)33(40-23-29-17-9-3-10-18-29)32(39-22-28-15-7-2-8-16-28)31(42-35)25-38-21-27-13-5-1-6-14-27/h1-20,31-34,36-37H,21-26H2/t31-,32+,33+,34-,35-/m1/s1. The molecule has 1 heterocycles. The van der Waals surface area contributed by atoms with Crippen LogP contribution in [0.15, 0.2) is 121 Å². The van der Waals surface area contributed by atoms with Crippen LogP contribution in [-0.4, -0.2) is 53.6 Å². The van der Waals surface area contributed by atoms with Gasteiger partial charge < -0.3 is 33.9 Å². The summed E-state index contributed by atoms with van der Waals surface area (Å²) in [4.78, 5) is 0. The van der Waals surface area contributed by atoms with E-state index in [2.05, 4.69) is 0 Å². The van der Waals surface area contributed by atoms with Gasteiger partial charge in [-0.1, -0.05) is 121 Å². The minimum Gasteiger partial charge on any atom is -0.391 e. The maximum Gasteiger partial charge on any atom is 0.219 e. The van der Waals surface area contributed by atoms with Gasteiger partial charge in [0.05, 0.1) is 39.6 Å². The molecule has 5 rings (SSSR count). The van der Waals surface area contributed by atoms with Crippen LogP contribution in [0.25, 0.3) is 0 Å². The van der Waals surface area contributed by atoms with Crippen molar-refractivity contribution < 1.29 is 33.9 Å². The second-order valence-corrected chi connectivity index (χ2v) is 10.4. The Hall–Kier alpha value is -3.40. The lowest BCUT2D eigenvalue weighted by Crippen LogP contribution is -2.68. The number of aliphatic hydroxyl groups is 2. The third kappa shape index (κ3) is 8.12. The van der Waals surface area contributed by atoms with Crippen molar-refractivity contribution in [1.82, 2.24) is 0 Å². The van der Waals surface area contributed by atoms with Gasteiger partial charge in [-0.25, -0.2) is 0 Å². The van der Waals surface area contributed by atoms with Gasteiger partial charge in [0.1, 0.15) is 24.4 Å². The lowest BCUT2D eigenvalue weighted by molar-refractivity contribution is -0.377. The molecule has 0 aromatic heterocycles. The van der Waals surface area contributed by atoms with Crippen LogP contribution >= 0.6 is 0 Å². The molecule has 0 saturated carbocycles. The predicted molar refractivity (Wildman–Crippen MR) is 158 cm³/mol. The number of hydrogen-bond acceptors (Lipinski definition) is 7. The molecule has 7 heteroatoms.